The maximum Gasteiger partial charge on any atom is 0.258 e. The lowest BCUT2D eigenvalue weighted by molar-refractivity contribution is 0.0979. The third-order valence-electron chi connectivity index (χ3n) is 5.94. The van der Waals surface area contributed by atoms with Crippen LogP contribution in [0.25, 0.3) is 5.69 Å². The first-order chi connectivity index (χ1) is 13.1. The minimum Gasteiger partial charge on any atom is -0.307 e. The summed E-state index contributed by atoms with van der Waals surface area (Å²) in [5.74, 6) is -0.279. The van der Waals surface area contributed by atoms with Gasteiger partial charge in [-0.25, -0.2) is 14.1 Å². The van der Waals surface area contributed by atoms with E-state index in [1.807, 2.05) is 25.1 Å². The molecule has 6 heteroatoms. The highest BCUT2D eigenvalue weighted by molar-refractivity contribution is 6.08. The fraction of sp³-hybridized carbons (Fsp3) is 0.286. The van der Waals surface area contributed by atoms with Crippen molar-refractivity contribution in [3.8, 4) is 5.69 Å². The SMILES string of the molecule is Cc1cc(C(=O)N2CC3(CCC3)c3c(F)cccc32)ccc1-n1cncn1. The Morgan fingerprint density at radius 2 is 2.04 bits per heavy atom. The van der Waals surface area contributed by atoms with Crippen molar-refractivity contribution in [3.63, 3.8) is 0 Å². The van der Waals surface area contributed by atoms with E-state index in [9.17, 15) is 9.18 Å². The van der Waals surface area contributed by atoms with Crippen molar-refractivity contribution < 1.29 is 9.18 Å². The van der Waals surface area contributed by atoms with Gasteiger partial charge in [0.2, 0.25) is 0 Å². The summed E-state index contributed by atoms with van der Waals surface area (Å²) in [6.45, 7) is 2.50. The van der Waals surface area contributed by atoms with Gasteiger partial charge in [0.25, 0.3) is 5.91 Å². The van der Waals surface area contributed by atoms with Gasteiger partial charge in [-0.1, -0.05) is 12.5 Å². The summed E-state index contributed by atoms with van der Waals surface area (Å²) in [4.78, 5) is 19.0. The third-order valence-corrected chi connectivity index (χ3v) is 5.94. The maximum absolute atomic E-state index is 14.6. The van der Waals surface area contributed by atoms with E-state index in [0.717, 1.165) is 41.8 Å². The number of fused-ring (bicyclic) bond motifs is 2. The average molecular weight is 362 g/mol. The number of carbonyl (C=O) groups excluding carboxylic acids is 1. The van der Waals surface area contributed by atoms with Crippen LogP contribution < -0.4 is 4.90 Å². The topological polar surface area (TPSA) is 51.0 Å². The summed E-state index contributed by atoms with van der Waals surface area (Å²) < 4.78 is 16.2. The zero-order valence-electron chi connectivity index (χ0n) is 15.0. The second-order valence-corrected chi connectivity index (χ2v) is 7.50. The van der Waals surface area contributed by atoms with Crippen LogP contribution in [0.2, 0.25) is 0 Å². The van der Waals surface area contributed by atoms with Crippen LogP contribution in [0.5, 0.6) is 0 Å². The van der Waals surface area contributed by atoms with E-state index in [-0.39, 0.29) is 17.1 Å². The van der Waals surface area contributed by atoms with Crippen LogP contribution in [0.4, 0.5) is 10.1 Å². The number of benzene rings is 2. The molecule has 136 valence electrons. The molecule has 0 unspecified atom stereocenters. The molecule has 5 rings (SSSR count). The standard InChI is InChI=1S/C21H19FN4O/c1-14-10-15(6-7-17(14)26-13-23-12-24-26)20(27)25-11-21(8-3-9-21)19-16(22)4-2-5-18(19)25/h2,4-7,10,12-13H,3,8-9,11H2,1H3. The van der Waals surface area contributed by atoms with E-state index in [2.05, 4.69) is 10.1 Å². The smallest absolute Gasteiger partial charge is 0.258 e. The molecule has 0 N–H and O–H groups in total. The van der Waals surface area contributed by atoms with Gasteiger partial charge in [-0.15, -0.1) is 0 Å². The monoisotopic (exact) mass is 362 g/mol. The Labute approximate surface area is 156 Å². The van der Waals surface area contributed by atoms with Crippen molar-refractivity contribution in [3.05, 3.63) is 71.6 Å². The van der Waals surface area contributed by atoms with Crippen molar-refractivity contribution in [2.24, 2.45) is 0 Å². The molecule has 1 aliphatic carbocycles. The largest absolute Gasteiger partial charge is 0.307 e. The minimum absolute atomic E-state index is 0.0844. The van der Waals surface area contributed by atoms with Crippen LogP contribution in [0.15, 0.2) is 49.1 Å². The number of hydrogen-bond acceptors (Lipinski definition) is 3. The quantitative estimate of drug-likeness (QED) is 0.697. The normalized spacial score (nSPS) is 17.0. The Morgan fingerprint density at radius 1 is 1.19 bits per heavy atom. The number of nitrogens with zero attached hydrogens (tertiary/aromatic N) is 4. The molecule has 27 heavy (non-hydrogen) atoms. The molecule has 0 atom stereocenters. The van der Waals surface area contributed by atoms with Crippen molar-refractivity contribution in [2.75, 3.05) is 11.4 Å². The molecular formula is C21H19FN4O. The van der Waals surface area contributed by atoms with Crippen LogP contribution in [0, 0.1) is 12.7 Å². The second-order valence-electron chi connectivity index (χ2n) is 7.50. The number of anilines is 1. The number of aryl methyl sites for hydroxylation is 1. The summed E-state index contributed by atoms with van der Waals surface area (Å²) in [5, 5.41) is 4.14. The number of hydrogen-bond donors (Lipinski definition) is 0. The van der Waals surface area contributed by atoms with E-state index in [1.165, 1.54) is 12.4 Å². The summed E-state index contributed by atoms with van der Waals surface area (Å²) in [6, 6.07) is 10.6. The predicted molar refractivity (Wildman–Crippen MR) is 99.7 cm³/mol. The van der Waals surface area contributed by atoms with E-state index >= 15 is 0 Å². The maximum atomic E-state index is 14.6. The Balaban J connectivity index is 1.52. The Morgan fingerprint density at radius 3 is 2.70 bits per heavy atom. The van der Waals surface area contributed by atoms with E-state index < -0.39 is 0 Å². The van der Waals surface area contributed by atoms with E-state index in [1.54, 1.807) is 28.0 Å². The van der Waals surface area contributed by atoms with Gasteiger partial charge < -0.3 is 4.90 Å². The number of carbonyl (C=O) groups is 1. The van der Waals surface area contributed by atoms with Gasteiger partial charge in [0.1, 0.15) is 18.5 Å². The summed E-state index contributed by atoms with van der Waals surface area (Å²) in [6.07, 6.45) is 6.07. The summed E-state index contributed by atoms with van der Waals surface area (Å²) in [5.41, 5.74) is 3.66. The molecule has 1 aliphatic heterocycles. The molecule has 2 aromatic carbocycles. The van der Waals surface area contributed by atoms with Crippen LogP contribution in [0.3, 0.4) is 0 Å². The molecule has 2 aliphatic rings. The molecule has 3 aromatic rings. The van der Waals surface area contributed by atoms with Crippen molar-refractivity contribution in [2.45, 2.75) is 31.6 Å². The van der Waals surface area contributed by atoms with E-state index in [0.29, 0.717) is 12.1 Å². The van der Waals surface area contributed by atoms with Gasteiger partial charge >= 0.3 is 0 Å². The van der Waals surface area contributed by atoms with Crippen LogP contribution >= 0.6 is 0 Å². The number of halogens is 1. The van der Waals surface area contributed by atoms with Crippen molar-refractivity contribution in [1.29, 1.82) is 0 Å². The molecule has 1 spiro atoms. The second kappa shape index (κ2) is 5.74. The highest BCUT2D eigenvalue weighted by Gasteiger charge is 2.50. The summed E-state index contributed by atoms with van der Waals surface area (Å²) >= 11 is 0. The summed E-state index contributed by atoms with van der Waals surface area (Å²) in [7, 11) is 0. The zero-order valence-corrected chi connectivity index (χ0v) is 15.0. The Hall–Kier alpha value is -3.02. The number of aromatic nitrogens is 3. The average Bonchev–Trinajstić information content (AvgIpc) is 3.27. The van der Waals surface area contributed by atoms with Gasteiger partial charge in [-0.2, -0.15) is 5.10 Å². The number of amides is 1. The molecule has 2 heterocycles. The van der Waals surface area contributed by atoms with E-state index in [4.69, 9.17) is 0 Å². The zero-order chi connectivity index (χ0) is 18.6. The molecule has 1 saturated carbocycles. The Kier molecular flexibility index (Phi) is 3.44. The fourth-order valence-electron chi connectivity index (χ4n) is 4.46. The lowest BCUT2D eigenvalue weighted by Crippen LogP contribution is -2.41. The first-order valence-electron chi connectivity index (χ1n) is 9.16. The van der Waals surface area contributed by atoms with Gasteiger partial charge in [0, 0.05) is 23.1 Å². The predicted octanol–water partition coefficient (Wildman–Crippen LogP) is 3.80. The van der Waals surface area contributed by atoms with Crippen molar-refractivity contribution >= 4 is 11.6 Å². The van der Waals surface area contributed by atoms with Gasteiger partial charge in [-0.05, 0) is 55.7 Å². The minimum atomic E-state index is -0.202. The first-order valence-corrected chi connectivity index (χ1v) is 9.16. The molecule has 0 saturated heterocycles. The van der Waals surface area contributed by atoms with Crippen LogP contribution in [-0.4, -0.2) is 27.2 Å². The van der Waals surface area contributed by atoms with Crippen LogP contribution in [-0.2, 0) is 5.41 Å². The fourth-order valence-corrected chi connectivity index (χ4v) is 4.46. The molecule has 0 bridgehead atoms. The lowest BCUT2D eigenvalue weighted by atomic mass is 9.65. The number of rotatable bonds is 2. The Bertz CT molecular complexity index is 1040. The van der Waals surface area contributed by atoms with Crippen molar-refractivity contribution in [1.82, 2.24) is 14.8 Å². The van der Waals surface area contributed by atoms with Gasteiger partial charge in [-0.3, -0.25) is 4.79 Å². The highest BCUT2D eigenvalue weighted by atomic mass is 19.1. The van der Waals surface area contributed by atoms with Crippen LogP contribution in [0.1, 0.15) is 40.7 Å². The molecule has 0 radical (unpaired) electrons. The van der Waals surface area contributed by atoms with Gasteiger partial charge in [0.15, 0.2) is 0 Å². The molecule has 1 amide bonds. The molecular weight excluding hydrogens is 343 g/mol. The third kappa shape index (κ3) is 2.32. The molecule has 5 nitrogen and oxygen atoms in total. The first kappa shape index (κ1) is 16.2. The van der Waals surface area contributed by atoms with Gasteiger partial charge in [0.05, 0.1) is 11.4 Å². The molecule has 1 aromatic heterocycles. The molecule has 1 fully saturated rings. The highest BCUT2D eigenvalue weighted by Crippen LogP contribution is 2.53. The lowest BCUT2D eigenvalue weighted by Gasteiger charge is -2.39.